The molecule has 5 heteroatoms. The summed E-state index contributed by atoms with van der Waals surface area (Å²) in [5.41, 5.74) is 6.58. The molecule has 0 radical (unpaired) electrons. The van der Waals surface area contributed by atoms with Gasteiger partial charge in [-0.25, -0.2) is 0 Å². The fraction of sp³-hybridized carbons (Fsp3) is 0.923. The van der Waals surface area contributed by atoms with Crippen LogP contribution in [-0.4, -0.2) is 37.4 Å². The average molecular weight is 262 g/mol. The van der Waals surface area contributed by atoms with Gasteiger partial charge < -0.3 is 20.0 Å². The minimum absolute atomic E-state index is 0.0606. The molecule has 0 aliphatic carbocycles. The van der Waals surface area contributed by atoms with Crippen LogP contribution < -0.4 is 5.73 Å². The van der Waals surface area contributed by atoms with Crippen LogP contribution >= 0.6 is 0 Å². The van der Waals surface area contributed by atoms with Crippen molar-refractivity contribution in [1.29, 1.82) is 0 Å². The highest BCUT2D eigenvalue weighted by Gasteiger charge is 2.10. The van der Waals surface area contributed by atoms with E-state index in [2.05, 4.69) is 5.16 Å². The lowest BCUT2D eigenvalue weighted by Gasteiger charge is -2.16. The SMILES string of the molecule is CC.CCOC(C)OCC(N)/C(C)=N\OC(C)C. The Morgan fingerprint density at radius 2 is 1.72 bits per heavy atom. The Morgan fingerprint density at radius 3 is 2.17 bits per heavy atom. The summed E-state index contributed by atoms with van der Waals surface area (Å²) < 4.78 is 10.6. The summed E-state index contributed by atoms with van der Waals surface area (Å²) in [5.74, 6) is 0. The van der Waals surface area contributed by atoms with E-state index in [0.717, 1.165) is 5.71 Å². The second-order valence-electron chi connectivity index (χ2n) is 3.85. The number of hydrogen-bond donors (Lipinski definition) is 1. The fourth-order valence-electron chi connectivity index (χ4n) is 0.899. The summed E-state index contributed by atoms with van der Waals surface area (Å²) in [6.07, 6.45) is -0.180. The van der Waals surface area contributed by atoms with Crippen molar-refractivity contribution >= 4 is 5.71 Å². The van der Waals surface area contributed by atoms with Gasteiger partial charge in [-0.1, -0.05) is 19.0 Å². The molecule has 0 bridgehead atoms. The maximum absolute atomic E-state index is 5.86. The Bertz CT molecular complexity index is 208. The minimum atomic E-state index is -0.262. The molecule has 0 rings (SSSR count). The van der Waals surface area contributed by atoms with Crippen LogP contribution in [0, 0.1) is 0 Å². The molecule has 0 saturated heterocycles. The second kappa shape index (κ2) is 12.8. The predicted octanol–water partition coefficient (Wildman–Crippen LogP) is 2.54. The summed E-state index contributed by atoms with van der Waals surface area (Å²) in [6.45, 7) is 14.4. The van der Waals surface area contributed by atoms with Crippen molar-refractivity contribution in [2.75, 3.05) is 13.2 Å². The molecule has 0 aromatic heterocycles. The van der Waals surface area contributed by atoms with E-state index in [-0.39, 0.29) is 18.4 Å². The van der Waals surface area contributed by atoms with Crippen LogP contribution in [0.1, 0.15) is 48.5 Å². The number of rotatable bonds is 8. The molecule has 0 aromatic carbocycles. The molecule has 0 aliphatic rings. The third-order valence-corrected chi connectivity index (χ3v) is 1.86. The molecule has 2 atom stereocenters. The van der Waals surface area contributed by atoms with E-state index < -0.39 is 0 Å². The lowest BCUT2D eigenvalue weighted by Crippen LogP contribution is -2.35. The fourth-order valence-corrected chi connectivity index (χ4v) is 0.899. The summed E-state index contributed by atoms with van der Waals surface area (Å²) in [6, 6.07) is -0.262. The summed E-state index contributed by atoms with van der Waals surface area (Å²) in [5, 5.41) is 3.92. The van der Waals surface area contributed by atoms with Crippen LogP contribution in [0.3, 0.4) is 0 Å². The van der Waals surface area contributed by atoms with Crippen LogP contribution in [0.4, 0.5) is 0 Å². The molecule has 0 heterocycles. The molecule has 0 aromatic rings. The van der Waals surface area contributed by atoms with E-state index in [9.17, 15) is 0 Å². The molecule has 0 fully saturated rings. The van der Waals surface area contributed by atoms with Gasteiger partial charge in [0.1, 0.15) is 6.10 Å². The van der Waals surface area contributed by atoms with Gasteiger partial charge >= 0.3 is 0 Å². The first kappa shape index (κ1) is 19.7. The van der Waals surface area contributed by atoms with E-state index >= 15 is 0 Å². The normalized spacial score (nSPS) is 14.8. The van der Waals surface area contributed by atoms with Gasteiger partial charge in [-0.3, -0.25) is 0 Å². The molecule has 0 spiro atoms. The first-order valence-electron chi connectivity index (χ1n) is 6.66. The molecule has 18 heavy (non-hydrogen) atoms. The zero-order valence-electron chi connectivity index (χ0n) is 12.9. The smallest absolute Gasteiger partial charge is 0.154 e. The summed E-state index contributed by atoms with van der Waals surface area (Å²) in [4.78, 5) is 5.10. The Labute approximate surface area is 112 Å². The molecule has 110 valence electrons. The summed E-state index contributed by atoms with van der Waals surface area (Å²) >= 11 is 0. The van der Waals surface area contributed by atoms with Crippen LogP contribution in [0.2, 0.25) is 0 Å². The number of nitrogens with zero attached hydrogens (tertiary/aromatic N) is 1. The quantitative estimate of drug-likeness (QED) is 0.415. The van der Waals surface area contributed by atoms with Gasteiger partial charge in [0.2, 0.25) is 0 Å². The largest absolute Gasteiger partial charge is 0.393 e. The number of hydrogen-bond acceptors (Lipinski definition) is 5. The first-order valence-corrected chi connectivity index (χ1v) is 6.66. The van der Waals surface area contributed by atoms with Crippen molar-refractivity contribution < 1.29 is 14.3 Å². The number of nitrogens with two attached hydrogens (primary N) is 1. The molecule has 2 unspecified atom stereocenters. The van der Waals surface area contributed by atoms with Crippen LogP contribution in [0.5, 0.6) is 0 Å². The van der Waals surface area contributed by atoms with Gasteiger partial charge in [-0.05, 0) is 34.6 Å². The second-order valence-corrected chi connectivity index (χ2v) is 3.85. The third-order valence-electron chi connectivity index (χ3n) is 1.86. The number of oxime groups is 1. The maximum atomic E-state index is 5.86. The molecule has 0 amide bonds. The van der Waals surface area contributed by atoms with Gasteiger partial charge in [0.25, 0.3) is 0 Å². The van der Waals surface area contributed by atoms with Gasteiger partial charge in [0, 0.05) is 6.61 Å². The highest BCUT2D eigenvalue weighted by Crippen LogP contribution is 1.97. The van der Waals surface area contributed by atoms with Crippen molar-refractivity contribution in [2.45, 2.75) is 66.9 Å². The van der Waals surface area contributed by atoms with Gasteiger partial charge in [0.15, 0.2) is 6.29 Å². The minimum Gasteiger partial charge on any atom is -0.393 e. The zero-order chi connectivity index (χ0) is 14.6. The molecule has 0 aliphatic heterocycles. The van der Waals surface area contributed by atoms with Gasteiger partial charge in [-0.15, -0.1) is 0 Å². The molecular weight excluding hydrogens is 232 g/mol. The highest BCUT2D eigenvalue weighted by atomic mass is 16.7. The Kier molecular flexibility index (Phi) is 14.0. The Hall–Kier alpha value is -0.650. The van der Waals surface area contributed by atoms with Crippen LogP contribution in [0.25, 0.3) is 0 Å². The molecule has 0 saturated carbocycles. The van der Waals surface area contributed by atoms with Crippen molar-refractivity contribution in [2.24, 2.45) is 10.9 Å². The summed E-state index contributed by atoms with van der Waals surface area (Å²) in [7, 11) is 0. The number of ether oxygens (including phenoxy) is 2. The molecular formula is C13H30N2O3. The third kappa shape index (κ3) is 11.8. The van der Waals surface area contributed by atoms with E-state index in [1.165, 1.54) is 0 Å². The van der Waals surface area contributed by atoms with E-state index in [1.807, 2.05) is 48.5 Å². The Morgan fingerprint density at radius 1 is 1.17 bits per heavy atom. The molecule has 5 nitrogen and oxygen atoms in total. The van der Waals surface area contributed by atoms with Gasteiger partial charge in [0.05, 0.1) is 18.4 Å². The van der Waals surface area contributed by atoms with Crippen LogP contribution in [0.15, 0.2) is 5.16 Å². The maximum Gasteiger partial charge on any atom is 0.154 e. The predicted molar refractivity (Wildman–Crippen MR) is 75.7 cm³/mol. The zero-order valence-corrected chi connectivity index (χ0v) is 12.9. The molecule has 2 N–H and O–H groups in total. The van der Waals surface area contributed by atoms with Crippen molar-refractivity contribution in [1.82, 2.24) is 0 Å². The van der Waals surface area contributed by atoms with Crippen LogP contribution in [-0.2, 0) is 14.3 Å². The van der Waals surface area contributed by atoms with Crippen molar-refractivity contribution in [3.05, 3.63) is 0 Å². The van der Waals surface area contributed by atoms with E-state index in [0.29, 0.717) is 13.2 Å². The van der Waals surface area contributed by atoms with Crippen molar-refractivity contribution in [3.63, 3.8) is 0 Å². The van der Waals surface area contributed by atoms with E-state index in [4.69, 9.17) is 20.0 Å². The first-order chi connectivity index (χ1) is 8.47. The van der Waals surface area contributed by atoms with Crippen molar-refractivity contribution in [3.8, 4) is 0 Å². The lowest BCUT2D eigenvalue weighted by molar-refractivity contribution is -0.127. The average Bonchev–Trinajstić information content (AvgIpc) is 2.35. The van der Waals surface area contributed by atoms with Gasteiger partial charge in [-0.2, -0.15) is 0 Å². The standard InChI is InChI=1S/C11H24N2O3.C2H6/c1-6-14-10(5)15-7-11(12)9(4)13-16-8(2)3;1-2/h8,10-11H,6-7,12H2,1-5H3;1-2H3/b13-9-;. The topological polar surface area (TPSA) is 66.1 Å². The monoisotopic (exact) mass is 262 g/mol. The lowest BCUT2D eigenvalue weighted by atomic mass is 10.2. The Balaban J connectivity index is 0. The highest BCUT2D eigenvalue weighted by molar-refractivity contribution is 5.86. The van der Waals surface area contributed by atoms with E-state index in [1.54, 1.807) is 0 Å².